The molecule has 4 aliphatic rings. The normalized spacial score (nSPS) is 40.2. The van der Waals surface area contributed by atoms with Crippen molar-refractivity contribution in [1.82, 2.24) is 9.80 Å². The highest BCUT2D eigenvalue weighted by Crippen LogP contribution is 2.40. The molecule has 3 heterocycles. The summed E-state index contributed by atoms with van der Waals surface area (Å²) < 4.78 is 0. The maximum absolute atomic E-state index is 6.27. The second-order valence-electron chi connectivity index (χ2n) is 6.69. The molecule has 3 heteroatoms. The standard InChI is InChI=1S/C15H29N3/c1-2-18(10-13-4-3-5-13)15(11-16)12-17-8-6-14(15)7-9-17/h13-14H,2-12,16H2,1H3. The lowest BCUT2D eigenvalue weighted by Gasteiger charge is -2.58. The molecule has 2 bridgehead atoms. The first-order valence-electron chi connectivity index (χ1n) is 7.96. The molecule has 0 amide bonds. The SMILES string of the molecule is CCN(CC1CCC1)C1(CN)CN2CCC1CC2. The highest BCUT2D eigenvalue weighted by Gasteiger charge is 2.49. The minimum atomic E-state index is 0.306. The van der Waals surface area contributed by atoms with E-state index in [-0.39, 0.29) is 0 Å². The number of fused-ring (bicyclic) bond motifs is 3. The van der Waals surface area contributed by atoms with E-state index in [1.54, 1.807) is 0 Å². The van der Waals surface area contributed by atoms with Gasteiger partial charge in [-0.05, 0) is 57.2 Å². The fourth-order valence-electron chi connectivity index (χ4n) is 4.48. The van der Waals surface area contributed by atoms with Crippen LogP contribution in [-0.4, -0.2) is 54.6 Å². The highest BCUT2D eigenvalue weighted by atomic mass is 15.3. The summed E-state index contributed by atoms with van der Waals surface area (Å²) in [4.78, 5) is 5.41. The molecular weight excluding hydrogens is 222 g/mol. The number of likely N-dealkylation sites (N-methyl/N-ethyl adjacent to an activating group) is 1. The first kappa shape index (κ1) is 12.9. The monoisotopic (exact) mass is 251 g/mol. The summed E-state index contributed by atoms with van der Waals surface area (Å²) in [5, 5.41) is 0. The number of nitrogens with zero attached hydrogens (tertiary/aromatic N) is 2. The molecule has 3 saturated heterocycles. The maximum Gasteiger partial charge on any atom is 0.0487 e. The van der Waals surface area contributed by atoms with E-state index in [4.69, 9.17) is 5.73 Å². The molecule has 0 aromatic rings. The Kier molecular flexibility index (Phi) is 3.65. The van der Waals surface area contributed by atoms with E-state index >= 15 is 0 Å². The Bertz CT molecular complexity index is 281. The molecule has 0 aromatic heterocycles. The average molecular weight is 251 g/mol. The Morgan fingerprint density at radius 3 is 2.33 bits per heavy atom. The third-order valence-electron chi connectivity index (χ3n) is 5.91. The van der Waals surface area contributed by atoms with Gasteiger partial charge < -0.3 is 10.6 Å². The Labute approximate surface area is 112 Å². The third kappa shape index (κ3) is 2.00. The molecule has 2 N–H and O–H groups in total. The summed E-state index contributed by atoms with van der Waals surface area (Å²) in [5.41, 5.74) is 6.57. The molecule has 1 saturated carbocycles. The molecule has 0 aromatic carbocycles. The van der Waals surface area contributed by atoms with Gasteiger partial charge >= 0.3 is 0 Å². The zero-order valence-corrected chi connectivity index (χ0v) is 11.9. The number of hydrogen-bond donors (Lipinski definition) is 1. The van der Waals surface area contributed by atoms with Crippen LogP contribution in [-0.2, 0) is 0 Å². The summed E-state index contributed by atoms with van der Waals surface area (Å²) in [6.07, 6.45) is 7.10. The Balaban J connectivity index is 1.75. The lowest BCUT2D eigenvalue weighted by atomic mass is 9.70. The summed E-state index contributed by atoms with van der Waals surface area (Å²) >= 11 is 0. The van der Waals surface area contributed by atoms with Crippen LogP contribution < -0.4 is 5.73 Å². The van der Waals surface area contributed by atoms with Gasteiger partial charge in [0.25, 0.3) is 0 Å². The third-order valence-corrected chi connectivity index (χ3v) is 5.91. The van der Waals surface area contributed by atoms with Gasteiger partial charge in [-0.25, -0.2) is 0 Å². The van der Waals surface area contributed by atoms with E-state index in [1.807, 2.05) is 0 Å². The highest BCUT2D eigenvalue weighted by molar-refractivity contribution is 5.06. The second-order valence-corrected chi connectivity index (χ2v) is 6.69. The largest absolute Gasteiger partial charge is 0.329 e. The number of piperidine rings is 3. The maximum atomic E-state index is 6.27. The van der Waals surface area contributed by atoms with E-state index in [9.17, 15) is 0 Å². The fourth-order valence-corrected chi connectivity index (χ4v) is 4.48. The molecule has 4 fully saturated rings. The van der Waals surface area contributed by atoms with Crippen LogP contribution >= 0.6 is 0 Å². The van der Waals surface area contributed by atoms with Crippen LogP contribution in [0.5, 0.6) is 0 Å². The summed E-state index contributed by atoms with van der Waals surface area (Å²) in [6.45, 7) is 9.52. The molecule has 4 rings (SSSR count). The zero-order chi connectivity index (χ0) is 12.6. The van der Waals surface area contributed by atoms with E-state index < -0.39 is 0 Å². The quantitative estimate of drug-likeness (QED) is 0.804. The van der Waals surface area contributed by atoms with Crippen LogP contribution in [0.15, 0.2) is 0 Å². The van der Waals surface area contributed by atoms with E-state index in [0.717, 1.165) is 18.4 Å². The van der Waals surface area contributed by atoms with E-state index in [2.05, 4.69) is 16.7 Å². The van der Waals surface area contributed by atoms with Crippen molar-refractivity contribution in [2.75, 3.05) is 39.3 Å². The zero-order valence-electron chi connectivity index (χ0n) is 11.9. The molecule has 1 aliphatic carbocycles. The lowest BCUT2D eigenvalue weighted by Crippen LogP contribution is -2.70. The smallest absolute Gasteiger partial charge is 0.0487 e. The van der Waals surface area contributed by atoms with E-state index in [1.165, 1.54) is 64.8 Å². The topological polar surface area (TPSA) is 32.5 Å². The van der Waals surface area contributed by atoms with Crippen LogP contribution in [0.25, 0.3) is 0 Å². The molecule has 1 unspecified atom stereocenters. The molecule has 3 nitrogen and oxygen atoms in total. The number of hydrogen-bond acceptors (Lipinski definition) is 3. The lowest BCUT2D eigenvalue weighted by molar-refractivity contribution is -0.0743. The Morgan fingerprint density at radius 1 is 1.22 bits per heavy atom. The minimum absolute atomic E-state index is 0.306. The van der Waals surface area contributed by atoms with Crippen LogP contribution in [0.4, 0.5) is 0 Å². The van der Waals surface area contributed by atoms with Gasteiger partial charge in [-0.3, -0.25) is 4.90 Å². The van der Waals surface area contributed by atoms with Gasteiger partial charge in [0.05, 0.1) is 0 Å². The van der Waals surface area contributed by atoms with Gasteiger partial charge in [-0.15, -0.1) is 0 Å². The molecule has 0 spiro atoms. The molecule has 104 valence electrons. The van der Waals surface area contributed by atoms with Gasteiger partial charge in [0, 0.05) is 25.2 Å². The predicted octanol–water partition coefficient (Wildman–Crippen LogP) is 1.53. The fraction of sp³-hybridized carbons (Fsp3) is 1.00. The van der Waals surface area contributed by atoms with Gasteiger partial charge in [0.1, 0.15) is 0 Å². The average Bonchev–Trinajstić information content (AvgIpc) is 2.38. The van der Waals surface area contributed by atoms with Crippen molar-refractivity contribution in [1.29, 1.82) is 0 Å². The van der Waals surface area contributed by atoms with Crippen molar-refractivity contribution in [3.8, 4) is 0 Å². The van der Waals surface area contributed by atoms with Crippen molar-refractivity contribution < 1.29 is 0 Å². The van der Waals surface area contributed by atoms with Crippen molar-refractivity contribution in [2.45, 2.75) is 44.6 Å². The predicted molar refractivity (Wildman–Crippen MR) is 75.5 cm³/mol. The first-order valence-corrected chi connectivity index (χ1v) is 7.96. The molecular formula is C15H29N3. The van der Waals surface area contributed by atoms with Gasteiger partial charge in [-0.1, -0.05) is 13.3 Å². The second kappa shape index (κ2) is 5.10. The summed E-state index contributed by atoms with van der Waals surface area (Å²) in [6, 6.07) is 0. The first-order chi connectivity index (χ1) is 8.78. The van der Waals surface area contributed by atoms with Crippen molar-refractivity contribution in [2.24, 2.45) is 17.6 Å². The number of nitrogens with two attached hydrogens (primary N) is 1. The molecule has 18 heavy (non-hydrogen) atoms. The van der Waals surface area contributed by atoms with Gasteiger partial charge in [0.15, 0.2) is 0 Å². The Morgan fingerprint density at radius 2 is 1.94 bits per heavy atom. The van der Waals surface area contributed by atoms with Gasteiger partial charge in [-0.2, -0.15) is 0 Å². The number of rotatable bonds is 5. The van der Waals surface area contributed by atoms with Crippen LogP contribution in [0.2, 0.25) is 0 Å². The summed E-state index contributed by atoms with van der Waals surface area (Å²) in [5.74, 6) is 1.82. The van der Waals surface area contributed by atoms with Crippen LogP contribution in [0.3, 0.4) is 0 Å². The summed E-state index contributed by atoms with van der Waals surface area (Å²) in [7, 11) is 0. The molecule has 3 aliphatic heterocycles. The van der Waals surface area contributed by atoms with Crippen molar-refractivity contribution >= 4 is 0 Å². The van der Waals surface area contributed by atoms with Gasteiger partial charge in [0.2, 0.25) is 0 Å². The Hall–Kier alpha value is -0.120. The molecule has 0 radical (unpaired) electrons. The van der Waals surface area contributed by atoms with E-state index in [0.29, 0.717) is 5.54 Å². The van der Waals surface area contributed by atoms with Crippen molar-refractivity contribution in [3.05, 3.63) is 0 Å². The minimum Gasteiger partial charge on any atom is -0.329 e. The molecule has 1 atom stereocenters. The van der Waals surface area contributed by atoms with Crippen LogP contribution in [0.1, 0.15) is 39.0 Å². The van der Waals surface area contributed by atoms with Crippen LogP contribution in [0, 0.1) is 11.8 Å². The van der Waals surface area contributed by atoms with Crippen molar-refractivity contribution in [3.63, 3.8) is 0 Å².